The second-order valence-electron chi connectivity index (χ2n) is 7.03. The fourth-order valence-corrected chi connectivity index (χ4v) is 3.33. The van der Waals surface area contributed by atoms with Gasteiger partial charge in [0.25, 0.3) is 0 Å². The summed E-state index contributed by atoms with van der Waals surface area (Å²) in [4.78, 5) is 12.1. The van der Waals surface area contributed by atoms with E-state index in [0.717, 1.165) is 43.2 Å². The summed E-state index contributed by atoms with van der Waals surface area (Å²) in [6, 6.07) is 5.98. The summed E-state index contributed by atoms with van der Waals surface area (Å²) in [5.41, 5.74) is 0.903. The second kappa shape index (κ2) is 13.7. The second-order valence-corrected chi connectivity index (χ2v) is 7.48. The van der Waals surface area contributed by atoms with Crippen LogP contribution in [0.15, 0.2) is 24.3 Å². The molecule has 2 N–H and O–H groups in total. The number of thiol groups is 1. The van der Waals surface area contributed by atoms with Gasteiger partial charge in [0.1, 0.15) is 6.61 Å². The van der Waals surface area contributed by atoms with Gasteiger partial charge in [0.2, 0.25) is 5.91 Å². The quantitative estimate of drug-likeness (QED) is 0.302. The van der Waals surface area contributed by atoms with E-state index in [1.165, 1.54) is 12.8 Å². The number of rotatable bonds is 10. The summed E-state index contributed by atoms with van der Waals surface area (Å²) in [6.07, 6.45) is 7.93. The molecule has 1 saturated carbocycles. The van der Waals surface area contributed by atoms with Crippen molar-refractivity contribution in [3.8, 4) is 11.5 Å². The van der Waals surface area contributed by atoms with Gasteiger partial charge in [-0.05, 0) is 55.4 Å². The maximum atomic E-state index is 12.1. The van der Waals surface area contributed by atoms with Crippen LogP contribution in [-0.2, 0) is 4.79 Å². The number of carbonyl (C=O) groups excluding carboxylic acids is 1. The number of ether oxygens (including phenoxy) is 2. The average molecular weight is 429 g/mol. The van der Waals surface area contributed by atoms with Crippen molar-refractivity contribution in [3.05, 3.63) is 29.8 Å². The molecule has 1 fully saturated rings. The van der Waals surface area contributed by atoms with E-state index >= 15 is 0 Å². The summed E-state index contributed by atoms with van der Waals surface area (Å²) in [5, 5.41) is 6.33. The zero-order valence-corrected chi connectivity index (χ0v) is 18.5. The smallest absolute Gasteiger partial charge is 0.244 e. The minimum Gasteiger partial charge on any atom is -0.493 e. The van der Waals surface area contributed by atoms with E-state index in [1.54, 1.807) is 19.3 Å². The minimum atomic E-state index is -0.0379. The largest absolute Gasteiger partial charge is 0.493 e. The van der Waals surface area contributed by atoms with Crippen LogP contribution in [0.5, 0.6) is 11.5 Å². The van der Waals surface area contributed by atoms with E-state index in [2.05, 4.69) is 30.2 Å². The Labute approximate surface area is 180 Å². The molecule has 0 bridgehead atoms. The Balaban J connectivity index is 0.00000392. The molecule has 158 valence electrons. The van der Waals surface area contributed by atoms with Crippen molar-refractivity contribution >= 4 is 37.0 Å². The fraction of sp³-hybridized carbons (Fsp3) is 0.571. The Bertz CT molecular complexity index is 620. The van der Waals surface area contributed by atoms with Crippen molar-refractivity contribution in [2.24, 2.45) is 5.92 Å². The van der Waals surface area contributed by atoms with Gasteiger partial charge in [0.15, 0.2) is 11.5 Å². The van der Waals surface area contributed by atoms with Crippen molar-refractivity contribution in [1.82, 2.24) is 10.6 Å². The molecule has 1 aromatic carbocycles. The van der Waals surface area contributed by atoms with E-state index in [-0.39, 0.29) is 18.3 Å². The lowest BCUT2D eigenvalue weighted by Crippen LogP contribution is -2.36. The predicted molar refractivity (Wildman–Crippen MR) is 121 cm³/mol. The summed E-state index contributed by atoms with van der Waals surface area (Å²) in [5.74, 6) is 2.90. The van der Waals surface area contributed by atoms with Crippen LogP contribution in [-0.4, -0.2) is 44.5 Å². The summed E-state index contributed by atoms with van der Waals surface area (Å²) in [6.45, 7) is 4.44. The lowest BCUT2D eigenvalue weighted by atomic mass is 9.87. The van der Waals surface area contributed by atoms with Crippen LogP contribution in [0.25, 0.3) is 6.08 Å². The fourth-order valence-electron chi connectivity index (χ4n) is 3.17. The first-order valence-corrected chi connectivity index (χ1v) is 10.4. The molecule has 1 aliphatic carbocycles. The van der Waals surface area contributed by atoms with Crippen LogP contribution in [0, 0.1) is 5.92 Å². The van der Waals surface area contributed by atoms with Gasteiger partial charge in [-0.2, -0.15) is 12.6 Å². The third kappa shape index (κ3) is 8.76. The van der Waals surface area contributed by atoms with Crippen LogP contribution in [0.2, 0.25) is 0 Å². The van der Waals surface area contributed by atoms with Crippen LogP contribution < -0.4 is 20.1 Å². The summed E-state index contributed by atoms with van der Waals surface area (Å²) in [7, 11) is 1.62. The van der Waals surface area contributed by atoms with Gasteiger partial charge in [-0.25, -0.2) is 0 Å². The number of halogens is 1. The molecule has 28 heavy (non-hydrogen) atoms. The van der Waals surface area contributed by atoms with Gasteiger partial charge in [0, 0.05) is 31.0 Å². The molecule has 0 atom stereocenters. The standard InChI is InChI=1S/C21H32N2O3S.ClH/c1-16-3-7-18(8-4-16)23-21(24)10-6-17-5-9-19(20(15-17)25-2)26-13-11-22-12-14-27;/h5-6,9-10,15-16,18,22,27H,3-4,7-8,11-14H2,1-2H3,(H,23,24);1H/b10-6+;/t16-,18-;. The molecule has 0 unspecified atom stereocenters. The number of methoxy groups -OCH3 is 1. The molecule has 0 saturated heterocycles. The zero-order valence-electron chi connectivity index (χ0n) is 16.8. The Kier molecular flexibility index (Phi) is 12.1. The van der Waals surface area contributed by atoms with Crippen molar-refractivity contribution in [3.63, 3.8) is 0 Å². The lowest BCUT2D eigenvalue weighted by molar-refractivity contribution is -0.117. The highest BCUT2D eigenvalue weighted by molar-refractivity contribution is 7.80. The number of hydrogen-bond acceptors (Lipinski definition) is 5. The van der Waals surface area contributed by atoms with Crippen molar-refractivity contribution in [1.29, 1.82) is 0 Å². The number of hydrogen-bond donors (Lipinski definition) is 3. The molecular weight excluding hydrogens is 396 g/mol. The maximum Gasteiger partial charge on any atom is 0.244 e. The van der Waals surface area contributed by atoms with E-state index in [4.69, 9.17) is 9.47 Å². The monoisotopic (exact) mass is 428 g/mol. The molecule has 7 heteroatoms. The van der Waals surface area contributed by atoms with Crippen LogP contribution >= 0.6 is 25.0 Å². The molecule has 0 aliphatic heterocycles. The first-order valence-electron chi connectivity index (χ1n) is 9.73. The molecule has 1 aromatic rings. The van der Waals surface area contributed by atoms with Crippen LogP contribution in [0.3, 0.4) is 0 Å². The molecule has 0 radical (unpaired) electrons. The van der Waals surface area contributed by atoms with Gasteiger partial charge in [-0.1, -0.05) is 13.0 Å². The third-order valence-electron chi connectivity index (χ3n) is 4.80. The van der Waals surface area contributed by atoms with Gasteiger partial charge in [0.05, 0.1) is 7.11 Å². The normalized spacial score (nSPS) is 19.1. The highest BCUT2D eigenvalue weighted by atomic mass is 35.5. The maximum absolute atomic E-state index is 12.1. The Hall–Kier alpha value is -1.37. The lowest BCUT2D eigenvalue weighted by Gasteiger charge is -2.26. The molecular formula is C21H33ClN2O3S. The van der Waals surface area contributed by atoms with Crippen molar-refractivity contribution in [2.75, 3.05) is 32.6 Å². The molecule has 0 spiro atoms. The van der Waals surface area contributed by atoms with E-state index in [0.29, 0.717) is 24.1 Å². The van der Waals surface area contributed by atoms with Crippen LogP contribution in [0.4, 0.5) is 0 Å². The van der Waals surface area contributed by atoms with Gasteiger partial charge < -0.3 is 20.1 Å². The predicted octanol–water partition coefficient (Wildman–Crippen LogP) is 3.72. The molecule has 2 rings (SSSR count). The van der Waals surface area contributed by atoms with E-state index in [9.17, 15) is 4.79 Å². The first kappa shape index (κ1) is 24.7. The topological polar surface area (TPSA) is 59.6 Å². The van der Waals surface area contributed by atoms with Gasteiger partial charge >= 0.3 is 0 Å². The molecule has 0 aromatic heterocycles. The highest BCUT2D eigenvalue weighted by Gasteiger charge is 2.18. The highest BCUT2D eigenvalue weighted by Crippen LogP contribution is 2.28. The minimum absolute atomic E-state index is 0. The van der Waals surface area contributed by atoms with E-state index in [1.807, 2.05) is 18.2 Å². The zero-order chi connectivity index (χ0) is 19.5. The van der Waals surface area contributed by atoms with Crippen LogP contribution in [0.1, 0.15) is 38.2 Å². The summed E-state index contributed by atoms with van der Waals surface area (Å²) < 4.78 is 11.2. The van der Waals surface area contributed by atoms with Gasteiger partial charge in [-0.3, -0.25) is 4.79 Å². The third-order valence-corrected chi connectivity index (χ3v) is 5.03. The first-order chi connectivity index (χ1) is 13.1. The molecule has 1 aliphatic rings. The Morgan fingerprint density at radius 1 is 1.21 bits per heavy atom. The number of amides is 1. The van der Waals surface area contributed by atoms with E-state index < -0.39 is 0 Å². The molecule has 5 nitrogen and oxygen atoms in total. The Morgan fingerprint density at radius 3 is 2.64 bits per heavy atom. The number of nitrogens with one attached hydrogen (secondary N) is 2. The average Bonchev–Trinajstić information content (AvgIpc) is 2.68. The molecule has 1 amide bonds. The van der Waals surface area contributed by atoms with Gasteiger partial charge in [-0.15, -0.1) is 12.4 Å². The van der Waals surface area contributed by atoms with Crippen molar-refractivity contribution in [2.45, 2.75) is 38.6 Å². The summed E-state index contributed by atoms with van der Waals surface area (Å²) >= 11 is 4.15. The number of benzene rings is 1. The molecule has 0 heterocycles. The van der Waals surface area contributed by atoms with Crippen molar-refractivity contribution < 1.29 is 14.3 Å². The number of carbonyl (C=O) groups is 1. The Morgan fingerprint density at radius 2 is 1.96 bits per heavy atom. The SMILES string of the molecule is COc1cc(/C=C/C(=O)N[C@H]2CC[C@H](C)CC2)ccc1OCCNCCS.Cl.